The number of nitrogens with one attached hydrogen (secondary N) is 1. The van der Waals surface area contributed by atoms with Gasteiger partial charge in [0.05, 0.1) is 22.8 Å². The molecule has 43 heavy (non-hydrogen) atoms. The molecule has 2 fully saturated rings. The zero-order valence-electron chi connectivity index (χ0n) is 24.4. The van der Waals surface area contributed by atoms with Crippen molar-refractivity contribution >= 4 is 21.6 Å². The lowest BCUT2D eigenvalue weighted by molar-refractivity contribution is 0.0739. The van der Waals surface area contributed by atoms with Gasteiger partial charge in [-0.1, -0.05) is 17.7 Å². The molecule has 1 aliphatic carbocycles. The van der Waals surface area contributed by atoms with E-state index in [2.05, 4.69) is 20.0 Å². The van der Waals surface area contributed by atoms with Crippen LogP contribution in [0.25, 0.3) is 0 Å². The Labute approximate surface area is 251 Å². The number of hydrogen-bond acceptors (Lipinski definition) is 10. The molecule has 12 heteroatoms. The number of ether oxygens (including phenoxy) is 2. The molecule has 4 heterocycles. The van der Waals surface area contributed by atoms with Crippen molar-refractivity contribution in [2.45, 2.75) is 68.9 Å². The number of nitrogens with zero attached hydrogens (tertiary/aromatic N) is 4. The lowest BCUT2D eigenvalue weighted by atomic mass is 9.96. The molecule has 0 spiro atoms. The number of anilines is 2. The van der Waals surface area contributed by atoms with Crippen molar-refractivity contribution in [1.82, 2.24) is 19.7 Å². The number of hydrogen-bond donors (Lipinski definition) is 2. The minimum absolute atomic E-state index is 0.178. The average Bonchev–Trinajstić information content (AvgIpc) is 3.74. The van der Waals surface area contributed by atoms with Crippen LogP contribution >= 0.6 is 0 Å². The number of aliphatic hydroxyl groups is 1. The summed E-state index contributed by atoms with van der Waals surface area (Å²) in [6, 6.07) is 13.7. The molecule has 11 nitrogen and oxygen atoms in total. The largest absolute Gasteiger partial charge is 0.744 e. The second-order valence-electron chi connectivity index (χ2n) is 11.3. The van der Waals surface area contributed by atoms with E-state index in [4.69, 9.17) is 14.6 Å². The summed E-state index contributed by atoms with van der Waals surface area (Å²) in [5, 5.41) is 18.4. The molecule has 1 aromatic carbocycles. The predicted molar refractivity (Wildman–Crippen MR) is 160 cm³/mol. The number of rotatable bonds is 8. The average molecular weight is 607 g/mol. The fraction of sp³-hybridized carbons (Fsp3) is 0.387. The first-order valence-electron chi connectivity index (χ1n) is 14.2. The number of pyridine rings is 2. The third-order valence-electron chi connectivity index (χ3n) is 7.18. The van der Waals surface area contributed by atoms with E-state index in [0.717, 1.165) is 48.7 Å². The molecular formula is C31H36N5O6S-. The molecule has 0 unspecified atom stereocenters. The van der Waals surface area contributed by atoms with Gasteiger partial charge in [0, 0.05) is 43.3 Å². The normalized spacial score (nSPS) is 15.8. The van der Waals surface area contributed by atoms with Crippen molar-refractivity contribution in [3.05, 3.63) is 84.1 Å². The minimum atomic E-state index is -4.27. The summed E-state index contributed by atoms with van der Waals surface area (Å²) >= 11 is 0. The highest BCUT2D eigenvalue weighted by Crippen LogP contribution is 2.40. The number of benzene rings is 1. The Morgan fingerprint density at radius 1 is 1.02 bits per heavy atom. The van der Waals surface area contributed by atoms with Crippen molar-refractivity contribution in [2.24, 2.45) is 0 Å². The summed E-state index contributed by atoms with van der Waals surface area (Å²) in [6.45, 7) is 6.78. The Bertz CT molecular complexity index is 1640. The van der Waals surface area contributed by atoms with E-state index < -0.39 is 15.7 Å². The zero-order valence-corrected chi connectivity index (χ0v) is 25.3. The Morgan fingerprint density at radius 2 is 1.72 bits per heavy atom. The highest BCUT2D eigenvalue weighted by molar-refractivity contribution is 7.85. The van der Waals surface area contributed by atoms with Gasteiger partial charge in [-0.2, -0.15) is 5.10 Å². The van der Waals surface area contributed by atoms with Crippen LogP contribution in [0.2, 0.25) is 0 Å². The van der Waals surface area contributed by atoms with Gasteiger partial charge in [-0.15, -0.1) is 0 Å². The van der Waals surface area contributed by atoms with E-state index in [0.29, 0.717) is 29.2 Å². The summed E-state index contributed by atoms with van der Waals surface area (Å²) in [5.41, 5.74) is 2.32. The standard InChI is InChI=1S/C24H29N5O3.C7H8O3S/c1-24(2,30)21-13-17(5-9-25-21)27-22-14-19(6-10-26-22)32-20-15-29(18-3-4-18)28-23(20)16-7-11-31-12-8-16;1-6-2-4-7(5-3-6)11(8,9)10/h5-6,9-10,13-16,18,30H,3-4,7-8,11-12H2,1-2H3,(H,25,26,27);2-5H,1H3,(H,8,9,10)/p-1. The van der Waals surface area contributed by atoms with Crippen molar-refractivity contribution < 1.29 is 27.6 Å². The summed E-state index contributed by atoms with van der Waals surface area (Å²) in [7, 11) is -4.27. The minimum Gasteiger partial charge on any atom is -0.744 e. The van der Waals surface area contributed by atoms with Crippen LogP contribution in [0.5, 0.6) is 11.5 Å². The molecule has 6 rings (SSSR count). The van der Waals surface area contributed by atoms with Crippen molar-refractivity contribution in [1.29, 1.82) is 0 Å². The van der Waals surface area contributed by atoms with Crippen molar-refractivity contribution in [3.8, 4) is 11.5 Å². The van der Waals surface area contributed by atoms with Crippen LogP contribution in [0.15, 0.2) is 72.0 Å². The second-order valence-corrected chi connectivity index (χ2v) is 12.7. The maximum Gasteiger partial charge on any atom is 0.168 e. The van der Waals surface area contributed by atoms with Crippen LogP contribution in [0, 0.1) is 6.92 Å². The summed E-state index contributed by atoms with van der Waals surface area (Å²) in [6.07, 6.45) is 9.71. The van der Waals surface area contributed by atoms with E-state index in [1.807, 2.05) is 37.4 Å². The van der Waals surface area contributed by atoms with Crippen LogP contribution < -0.4 is 10.1 Å². The van der Waals surface area contributed by atoms with Gasteiger partial charge in [-0.05, 0) is 76.8 Å². The molecule has 1 saturated carbocycles. The maximum atomic E-state index is 10.4. The monoisotopic (exact) mass is 606 g/mol. The molecule has 0 radical (unpaired) electrons. The number of aryl methyl sites for hydroxylation is 1. The van der Waals surface area contributed by atoms with Gasteiger partial charge in [0.2, 0.25) is 0 Å². The molecule has 2 aliphatic rings. The molecule has 228 valence electrons. The van der Waals surface area contributed by atoms with Crippen LogP contribution in [-0.2, 0) is 20.5 Å². The Kier molecular flexibility index (Phi) is 9.11. The smallest absolute Gasteiger partial charge is 0.168 e. The van der Waals surface area contributed by atoms with E-state index >= 15 is 0 Å². The van der Waals surface area contributed by atoms with Gasteiger partial charge in [0.25, 0.3) is 0 Å². The van der Waals surface area contributed by atoms with Crippen LogP contribution in [0.3, 0.4) is 0 Å². The molecule has 2 N–H and O–H groups in total. The van der Waals surface area contributed by atoms with E-state index in [-0.39, 0.29) is 4.90 Å². The quantitative estimate of drug-likeness (QED) is 0.244. The molecule has 0 atom stereocenters. The molecule has 0 bridgehead atoms. The van der Waals surface area contributed by atoms with Gasteiger partial charge < -0.3 is 24.4 Å². The molecule has 0 amide bonds. The Hall–Kier alpha value is -3.84. The fourth-order valence-electron chi connectivity index (χ4n) is 4.61. The highest BCUT2D eigenvalue weighted by Gasteiger charge is 2.30. The van der Waals surface area contributed by atoms with E-state index in [9.17, 15) is 18.1 Å². The zero-order chi connectivity index (χ0) is 30.6. The Balaban J connectivity index is 0.000000283. The number of aromatic nitrogens is 4. The van der Waals surface area contributed by atoms with Gasteiger partial charge in [0.15, 0.2) is 5.75 Å². The lowest BCUT2D eigenvalue weighted by Gasteiger charge is -2.21. The van der Waals surface area contributed by atoms with Crippen molar-refractivity contribution in [2.75, 3.05) is 18.5 Å². The summed E-state index contributed by atoms with van der Waals surface area (Å²) in [5.74, 6) is 2.52. The van der Waals surface area contributed by atoms with E-state index in [1.54, 1.807) is 38.4 Å². The summed E-state index contributed by atoms with van der Waals surface area (Å²) < 4.78 is 45.1. The maximum absolute atomic E-state index is 10.4. The van der Waals surface area contributed by atoms with Crippen LogP contribution in [0.4, 0.5) is 11.5 Å². The topological polar surface area (TPSA) is 152 Å². The van der Waals surface area contributed by atoms with Crippen LogP contribution in [0.1, 0.15) is 68.4 Å². The van der Waals surface area contributed by atoms with Gasteiger partial charge in [0.1, 0.15) is 33.0 Å². The van der Waals surface area contributed by atoms with E-state index in [1.165, 1.54) is 25.0 Å². The first kappa shape index (κ1) is 30.6. The lowest BCUT2D eigenvalue weighted by Crippen LogP contribution is -2.17. The first-order chi connectivity index (χ1) is 20.5. The second kappa shape index (κ2) is 12.8. The van der Waals surface area contributed by atoms with Crippen molar-refractivity contribution in [3.63, 3.8) is 0 Å². The summed E-state index contributed by atoms with van der Waals surface area (Å²) in [4.78, 5) is 8.48. The van der Waals surface area contributed by atoms with Crippen LogP contribution in [-0.4, -0.2) is 51.0 Å². The SMILES string of the molecule is CC(C)(O)c1cc(Nc2cc(Oc3cn(C4CC4)nc3C3CCOCC3)ccn2)ccn1.Cc1ccc(S(=O)(=O)[O-])cc1. The first-order valence-corrected chi connectivity index (χ1v) is 15.7. The molecule has 1 aliphatic heterocycles. The molecular weight excluding hydrogens is 570 g/mol. The molecule has 4 aromatic rings. The third-order valence-corrected chi connectivity index (χ3v) is 8.03. The fourth-order valence-corrected chi connectivity index (χ4v) is 5.08. The third kappa shape index (κ3) is 8.38. The Morgan fingerprint density at radius 3 is 2.37 bits per heavy atom. The predicted octanol–water partition coefficient (Wildman–Crippen LogP) is 5.56. The van der Waals surface area contributed by atoms with Gasteiger partial charge in [-0.3, -0.25) is 9.67 Å². The molecule has 1 saturated heterocycles. The van der Waals surface area contributed by atoms with Gasteiger partial charge in [-0.25, -0.2) is 13.4 Å². The highest BCUT2D eigenvalue weighted by atomic mass is 32.2. The van der Waals surface area contributed by atoms with Gasteiger partial charge >= 0.3 is 0 Å². The molecule has 3 aromatic heterocycles.